The van der Waals surface area contributed by atoms with Crippen LogP contribution < -0.4 is 19.5 Å². The molecule has 1 saturated heterocycles. The molecule has 0 spiro atoms. The molecule has 3 rings (SSSR count). The highest BCUT2D eigenvalue weighted by Crippen LogP contribution is 2.38. The van der Waals surface area contributed by atoms with E-state index in [2.05, 4.69) is 25.3 Å². The zero-order valence-electron chi connectivity index (χ0n) is 17.9. The zero-order valence-corrected chi connectivity index (χ0v) is 20.2. The summed E-state index contributed by atoms with van der Waals surface area (Å²) < 4.78 is 21.2. The van der Waals surface area contributed by atoms with Crippen LogP contribution in [0.3, 0.4) is 0 Å². The van der Waals surface area contributed by atoms with E-state index in [4.69, 9.17) is 18.7 Å². The van der Waals surface area contributed by atoms with E-state index >= 15 is 0 Å². The minimum atomic E-state index is 0. The van der Waals surface area contributed by atoms with Crippen LogP contribution >= 0.6 is 24.0 Å². The summed E-state index contributed by atoms with van der Waals surface area (Å²) in [6, 6.07) is 5.86. The van der Waals surface area contributed by atoms with Crippen LogP contribution in [0.25, 0.3) is 0 Å². The summed E-state index contributed by atoms with van der Waals surface area (Å²) >= 11 is 0. The van der Waals surface area contributed by atoms with E-state index in [9.17, 15) is 0 Å². The number of aliphatic imine (C=N–C) groups is 1. The Morgan fingerprint density at radius 1 is 1.10 bits per heavy atom. The number of methoxy groups -OCH3 is 3. The first-order valence-electron chi connectivity index (χ1n) is 9.54. The molecule has 0 aliphatic carbocycles. The molecular formula is C20H30IN5O4. The number of guanidine groups is 1. The fourth-order valence-electron chi connectivity index (χ4n) is 3.43. The zero-order chi connectivity index (χ0) is 20.6. The topological polar surface area (TPSA) is 84.6 Å². The van der Waals surface area contributed by atoms with Crippen LogP contribution in [0.2, 0.25) is 0 Å². The van der Waals surface area contributed by atoms with E-state index in [-0.39, 0.29) is 24.0 Å². The van der Waals surface area contributed by atoms with Gasteiger partial charge in [0.25, 0.3) is 0 Å². The summed E-state index contributed by atoms with van der Waals surface area (Å²) in [5.74, 6) is 2.85. The molecule has 0 amide bonds. The first-order chi connectivity index (χ1) is 14.2. The molecule has 1 aromatic heterocycles. The van der Waals surface area contributed by atoms with Crippen LogP contribution in [0.4, 0.5) is 0 Å². The maximum atomic E-state index is 5.46. The predicted molar refractivity (Wildman–Crippen MR) is 125 cm³/mol. The number of rotatable bonds is 7. The van der Waals surface area contributed by atoms with Crippen molar-refractivity contribution in [3.05, 3.63) is 35.7 Å². The SMILES string of the molecule is CN=C(NCc1ccon1)N1CCN(Cc2cc(OC)c(OC)c(OC)c2)CC1.I. The Morgan fingerprint density at radius 2 is 1.77 bits per heavy atom. The molecule has 2 aromatic rings. The average molecular weight is 531 g/mol. The predicted octanol–water partition coefficient (Wildman–Crippen LogP) is 2.21. The van der Waals surface area contributed by atoms with Crippen molar-refractivity contribution in [3.63, 3.8) is 0 Å². The van der Waals surface area contributed by atoms with Gasteiger partial charge in [0.15, 0.2) is 17.5 Å². The van der Waals surface area contributed by atoms with E-state index in [1.54, 1.807) is 34.6 Å². The summed E-state index contributed by atoms with van der Waals surface area (Å²) in [5, 5.41) is 7.26. The second-order valence-corrected chi connectivity index (χ2v) is 6.69. The van der Waals surface area contributed by atoms with Gasteiger partial charge in [0.1, 0.15) is 12.0 Å². The van der Waals surface area contributed by atoms with Crippen LogP contribution in [-0.2, 0) is 13.1 Å². The minimum Gasteiger partial charge on any atom is -0.493 e. The van der Waals surface area contributed by atoms with E-state index in [0.29, 0.717) is 23.8 Å². The number of ether oxygens (including phenoxy) is 3. The summed E-state index contributed by atoms with van der Waals surface area (Å²) in [7, 11) is 6.69. The number of aromatic nitrogens is 1. The van der Waals surface area contributed by atoms with E-state index < -0.39 is 0 Å². The molecule has 2 heterocycles. The number of halogens is 1. The molecule has 0 unspecified atom stereocenters. The fraction of sp³-hybridized carbons (Fsp3) is 0.500. The molecule has 0 saturated carbocycles. The van der Waals surface area contributed by atoms with Gasteiger partial charge in [-0.05, 0) is 17.7 Å². The third-order valence-corrected chi connectivity index (χ3v) is 4.93. The van der Waals surface area contributed by atoms with Crippen molar-refractivity contribution in [3.8, 4) is 17.2 Å². The Balaban J connectivity index is 0.00000320. The monoisotopic (exact) mass is 531 g/mol. The average Bonchev–Trinajstić information content (AvgIpc) is 3.28. The van der Waals surface area contributed by atoms with E-state index in [0.717, 1.165) is 49.9 Å². The van der Waals surface area contributed by atoms with Crippen molar-refractivity contribution >= 4 is 29.9 Å². The number of hydrogen-bond acceptors (Lipinski definition) is 7. The van der Waals surface area contributed by atoms with Crippen LogP contribution in [0.15, 0.2) is 34.0 Å². The second-order valence-electron chi connectivity index (χ2n) is 6.69. The number of nitrogens with zero attached hydrogens (tertiary/aromatic N) is 4. The lowest BCUT2D eigenvalue weighted by molar-refractivity contribution is 0.172. The molecular weight excluding hydrogens is 501 g/mol. The molecule has 166 valence electrons. The molecule has 1 aromatic carbocycles. The Bertz CT molecular complexity index is 783. The molecule has 1 aliphatic heterocycles. The smallest absolute Gasteiger partial charge is 0.203 e. The molecule has 10 heteroatoms. The first-order valence-corrected chi connectivity index (χ1v) is 9.54. The number of nitrogens with one attached hydrogen (secondary N) is 1. The summed E-state index contributed by atoms with van der Waals surface area (Å²) in [4.78, 5) is 9.05. The van der Waals surface area contributed by atoms with Gasteiger partial charge in [0.05, 0.1) is 27.9 Å². The highest BCUT2D eigenvalue weighted by molar-refractivity contribution is 14.0. The van der Waals surface area contributed by atoms with Gasteiger partial charge in [-0.15, -0.1) is 24.0 Å². The number of piperazine rings is 1. The van der Waals surface area contributed by atoms with Crippen molar-refractivity contribution in [2.45, 2.75) is 13.1 Å². The molecule has 30 heavy (non-hydrogen) atoms. The molecule has 0 radical (unpaired) electrons. The van der Waals surface area contributed by atoms with Crippen molar-refractivity contribution in [2.75, 3.05) is 54.6 Å². The minimum absolute atomic E-state index is 0. The summed E-state index contributed by atoms with van der Waals surface area (Å²) in [6.45, 7) is 5.05. The van der Waals surface area contributed by atoms with Crippen LogP contribution in [0.1, 0.15) is 11.3 Å². The lowest BCUT2D eigenvalue weighted by Gasteiger charge is -2.36. The van der Waals surface area contributed by atoms with Gasteiger partial charge in [-0.25, -0.2) is 0 Å². The van der Waals surface area contributed by atoms with Crippen molar-refractivity contribution in [2.24, 2.45) is 4.99 Å². The second kappa shape index (κ2) is 11.8. The molecule has 9 nitrogen and oxygen atoms in total. The van der Waals surface area contributed by atoms with Crippen LogP contribution in [-0.4, -0.2) is 75.5 Å². The van der Waals surface area contributed by atoms with Gasteiger partial charge < -0.3 is 29.0 Å². The third kappa shape index (κ3) is 5.91. The standard InChI is InChI=1S/C20H29N5O4.HI/c1-21-20(22-13-16-5-10-29-23-16)25-8-6-24(7-9-25)14-15-11-17(26-2)19(28-4)18(12-15)27-3;/h5,10-12H,6-9,13-14H2,1-4H3,(H,21,22);1H. The van der Waals surface area contributed by atoms with Crippen LogP contribution in [0.5, 0.6) is 17.2 Å². The van der Waals surface area contributed by atoms with E-state index in [1.807, 2.05) is 18.2 Å². The first kappa shape index (κ1) is 24.1. The van der Waals surface area contributed by atoms with E-state index in [1.165, 1.54) is 0 Å². The lowest BCUT2D eigenvalue weighted by atomic mass is 10.1. The Labute approximate surface area is 194 Å². The van der Waals surface area contributed by atoms with Gasteiger partial charge in [0, 0.05) is 45.8 Å². The van der Waals surface area contributed by atoms with Crippen molar-refractivity contribution in [1.29, 1.82) is 0 Å². The molecule has 1 fully saturated rings. The van der Waals surface area contributed by atoms with Crippen LogP contribution in [0, 0.1) is 0 Å². The maximum absolute atomic E-state index is 5.46. The summed E-state index contributed by atoms with van der Waals surface area (Å²) in [6.07, 6.45) is 1.57. The molecule has 1 N–H and O–H groups in total. The molecule has 0 atom stereocenters. The van der Waals surface area contributed by atoms with Gasteiger partial charge in [-0.3, -0.25) is 9.89 Å². The lowest BCUT2D eigenvalue weighted by Crippen LogP contribution is -2.52. The fourth-order valence-corrected chi connectivity index (χ4v) is 3.43. The third-order valence-electron chi connectivity index (χ3n) is 4.93. The highest BCUT2D eigenvalue weighted by Gasteiger charge is 2.21. The van der Waals surface area contributed by atoms with Gasteiger partial charge in [0.2, 0.25) is 5.75 Å². The maximum Gasteiger partial charge on any atom is 0.203 e. The summed E-state index contributed by atoms with van der Waals surface area (Å²) in [5.41, 5.74) is 1.98. The molecule has 0 bridgehead atoms. The quantitative estimate of drug-likeness (QED) is 0.331. The Kier molecular flexibility index (Phi) is 9.50. The van der Waals surface area contributed by atoms with Crippen molar-refractivity contribution < 1.29 is 18.7 Å². The van der Waals surface area contributed by atoms with Crippen molar-refractivity contribution in [1.82, 2.24) is 20.3 Å². The highest BCUT2D eigenvalue weighted by atomic mass is 127. The normalized spacial score (nSPS) is 14.8. The number of hydrogen-bond donors (Lipinski definition) is 1. The number of benzene rings is 1. The largest absolute Gasteiger partial charge is 0.493 e. The molecule has 1 aliphatic rings. The van der Waals surface area contributed by atoms with Gasteiger partial charge in [-0.2, -0.15) is 0 Å². The van der Waals surface area contributed by atoms with Gasteiger partial charge >= 0.3 is 0 Å². The van der Waals surface area contributed by atoms with Gasteiger partial charge in [-0.1, -0.05) is 5.16 Å². The Morgan fingerprint density at radius 3 is 2.27 bits per heavy atom. The Hall–Kier alpha value is -2.21.